The van der Waals surface area contributed by atoms with E-state index in [0.717, 1.165) is 30.6 Å². The molecule has 2 N–H and O–H groups in total. The van der Waals surface area contributed by atoms with Crippen molar-refractivity contribution >= 4 is 22.3 Å². The highest BCUT2D eigenvalue weighted by atomic mass is 32.1. The zero-order valence-electron chi connectivity index (χ0n) is 14.3. The summed E-state index contributed by atoms with van der Waals surface area (Å²) in [6.07, 6.45) is 2.62. The first-order chi connectivity index (χ1) is 12.1. The minimum atomic E-state index is -0.0750. The minimum Gasteiger partial charge on any atom is -0.508 e. The van der Waals surface area contributed by atoms with Crippen molar-refractivity contribution in [2.24, 2.45) is 0 Å². The van der Waals surface area contributed by atoms with Gasteiger partial charge in [-0.3, -0.25) is 4.79 Å². The van der Waals surface area contributed by atoms with E-state index in [1.165, 1.54) is 11.3 Å². The molecular weight excluding hydrogens is 336 g/mol. The van der Waals surface area contributed by atoms with Crippen LogP contribution in [0.25, 0.3) is 21.5 Å². The lowest BCUT2D eigenvalue weighted by atomic mass is 10.0. The summed E-state index contributed by atoms with van der Waals surface area (Å²) in [5.41, 5.74) is 2.55. The fourth-order valence-electron chi connectivity index (χ4n) is 3.40. The third kappa shape index (κ3) is 2.75. The average molecular weight is 356 g/mol. The number of phenols is 1. The molecule has 0 bridgehead atoms. The van der Waals surface area contributed by atoms with E-state index in [0.29, 0.717) is 33.7 Å². The molecule has 3 aromatic rings. The van der Waals surface area contributed by atoms with Gasteiger partial charge in [-0.15, -0.1) is 11.3 Å². The highest BCUT2D eigenvalue weighted by Gasteiger charge is 2.27. The molecule has 4 rings (SSSR count). The number of rotatable bonds is 3. The van der Waals surface area contributed by atoms with Crippen LogP contribution in [0.3, 0.4) is 0 Å². The Morgan fingerprint density at radius 1 is 1.44 bits per heavy atom. The van der Waals surface area contributed by atoms with Gasteiger partial charge in [0, 0.05) is 17.1 Å². The molecule has 130 valence electrons. The van der Waals surface area contributed by atoms with Crippen LogP contribution in [-0.2, 0) is 6.42 Å². The Balaban J connectivity index is 2.04. The first-order valence-corrected chi connectivity index (χ1v) is 9.45. The van der Waals surface area contributed by atoms with Gasteiger partial charge in [0.05, 0.1) is 17.0 Å². The largest absolute Gasteiger partial charge is 0.508 e. The van der Waals surface area contributed by atoms with Crippen LogP contribution in [0.1, 0.15) is 42.8 Å². The Hall–Kier alpha value is -2.18. The monoisotopic (exact) mass is 356 g/mol. The Kier molecular flexibility index (Phi) is 4.09. The lowest BCUT2D eigenvalue weighted by Gasteiger charge is -2.15. The van der Waals surface area contributed by atoms with Crippen LogP contribution in [0.15, 0.2) is 26.7 Å². The predicted octanol–water partition coefficient (Wildman–Crippen LogP) is 3.92. The van der Waals surface area contributed by atoms with Gasteiger partial charge >= 0.3 is 0 Å². The molecule has 0 amide bonds. The number of fused-ring (bicyclic) bond motifs is 1. The fraction of sp³-hybridized carbons (Fsp3) is 0.368. The molecule has 1 aliphatic heterocycles. The van der Waals surface area contributed by atoms with Crippen LogP contribution in [0.2, 0.25) is 0 Å². The molecule has 1 aromatic carbocycles. The summed E-state index contributed by atoms with van der Waals surface area (Å²) in [5.74, 6) is 0.800. The number of nitrogens with one attached hydrogen (secondary N) is 1. The van der Waals surface area contributed by atoms with Crippen LogP contribution < -0.4 is 10.7 Å². The number of aromatic nitrogens is 1. The summed E-state index contributed by atoms with van der Waals surface area (Å²) in [5, 5.41) is 16.7. The number of hydrogen-bond donors (Lipinski definition) is 2. The topological polar surface area (TPSA) is 75.4 Å². The SMILES string of the molecule is CCc1cc2c(=O)c(-c3nc(C)cs3)c([C@H]3CCCN3)oc2cc1O. The number of aromatic hydroxyl groups is 1. The zero-order valence-corrected chi connectivity index (χ0v) is 15.1. The van der Waals surface area contributed by atoms with Gasteiger partial charge in [-0.1, -0.05) is 6.92 Å². The molecule has 1 saturated heterocycles. The van der Waals surface area contributed by atoms with E-state index < -0.39 is 0 Å². The number of hydrogen-bond acceptors (Lipinski definition) is 6. The predicted molar refractivity (Wildman–Crippen MR) is 99.3 cm³/mol. The highest BCUT2D eigenvalue weighted by Crippen LogP contribution is 2.35. The molecule has 1 atom stereocenters. The van der Waals surface area contributed by atoms with Gasteiger partial charge in [0.1, 0.15) is 22.1 Å². The lowest BCUT2D eigenvalue weighted by molar-refractivity contribution is 0.453. The Bertz CT molecular complexity index is 1000. The van der Waals surface area contributed by atoms with Crippen molar-refractivity contribution in [3.63, 3.8) is 0 Å². The molecule has 0 spiro atoms. The standard InChI is InChI=1S/C19H20N2O3S/c1-3-11-7-12-15(8-14(11)22)24-18(13-5-4-6-20-13)16(17(12)23)19-21-10(2)9-25-19/h7-9,13,20,22H,3-6H2,1-2H3/t13-/m1/s1. The molecule has 0 radical (unpaired) electrons. The molecule has 0 aliphatic carbocycles. The van der Waals surface area contributed by atoms with Crippen molar-refractivity contribution in [2.75, 3.05) is 6.54 Å². The maximum absolute atomic E-state index is 13.3. The van der Waals surface area contributed by atoms with Gasteiger partial charge in [0.25, 0.3) is 0 Å². The maximum atomic E-state index is 13.3. The first kappa shape index (κ1) is 16.3. The van der Waals surface area contributed by atoms with E-state index in [1.807, 2.05) is 19.2 Å². The molecule has 25 heavy (non-hydrogen) atoms. The van der Waals surface area contributed by atoms with Crippen LogP contribution in [0, 0.1) is 6.92 Å². The van der Waals surface area contributed by atoms with Crippen molar-refractivity contribution < 1.29 is 9.52 Å². The van der Waals surface area contributed by atoms with Crippen molar-refractivity contribution in [1.29, 1.82) is 0 Å². The highest BCUT2D eigenvalue weighted by molar-refractivity contribution is 7.13. The van der Waals surface area contributed by atoms with Crippen molar-refractivity contribution in [1.82, 2.24) is 10.3 Å². The number of aryl methyl sites for hydroxylation is 2. The summed E-state index contributed by atoms with van der Waals surface area (Å²) in [6.45, 7) is 4.77. The quantitative estimate of drug-likeness (QED) is 0.744. The van der Waals surface area contributed by atoms with Crippen molar-refractivity contribution in [3.8, 4) is 16.3 Å². The van der Waals surface area contributed by atoms with Crippen LogP contribution in [-0.4, -0.2) is 16.6 Å². The molecule has 2 aromatic heterocycles. The first-order valence-electron chi connectivity index (χ1n) is 8.57. The van der Waals surface area contributed by atoms with Crippen LogP contribution in [0.4, 0.5) is 0 Å². The van der Waals surface area contributed by atoms with Crippen LogP contribution >= 0.6 is 11.3 Å². The van der Waals surface area contributed by atoms with Gasteiger partial charge in [0.15, 0.2) is 0 Å². The molecule has 0 unspecified atom stereocenters. The van der Waals surface area contributed by atoms with Gasteiger partial charge in [0.2, 0.25) is 5.43 Å². The third-order valence-electron chi connectivity index (χ3n) is 4.71. The van der Waals surface area contributed by atoms with E-state index in [-0.39, 0.29) is 17.2 Å². The summed E-state index contributed by atoms with van der Waals surface area (Å²) >= 11 is 1.46. The van der Waals surface area contributed by atoms with Crippen molar-refractivity contribution in [2.45, 2.75) is 39.2 Å². The Morgan fingerprint density at radius 2 is 2.28 bits per heavy atom. The molecule has 5 nitrogen and oxygen atoms in total. The van der Waals surface area contributed by atoms with E-state index in [4.69, 9.17) is 4.42 Å². The molecular formula is C19H20N2O3S. The summed E-state index contributed by atoms with van der Waals surface area (Å²) < 4.78 is 6.15. The minimum absolute atomic E-state index is 0.00398. The third-order valence-corrected chi connectivity index (χ3v) is 5.69. The molecule has 0 saturated carbocycles. The molecule has 3 heterocycles. The van der Waals surface area contributed by atoms with E-state index in [9.17, 15) is 9.90 Å². The maximum Gasteiger partial charge on any atom is 0.203 e. The lowest BCUT2D eigenvalue weighted by Crippen LogP contribution is -2.18. The summed E-state index contributed by atoms with van der Waals surface area (Å²) in [7, 11) is 0. The molecule has 6 heteroatoms. The van der Waals surface area contributed by atoms with E-state index in [2.05, 4.69) is 10.3 Å². The van der Waals surface area contributed by atoms with Crippen LogP contribution in [0.5, 0.6) is 5.75 Å². The van der Waals surface area contributed by atoms with Gasteiger partial charge < -0.3 is 14.8 Å². The number of benzene rings is 1. The van der Waals surface area contributed by atoms with Gasteiger partial charge in [-0.25, -0.2) is 4.98 Å². The molecule has 1 aliphatic rings. The average Bonchev–Trinajstić information content (AvgIpc) is 3.26. The van der Waals surface area contributed by atoms with E-state index >= 15 is 0 Å². The second kappa shape index (κ2) is 6.28. The van der Waals surface area contributed by atoms with Crippen molar-refractivity contribution in [3.05, 3.63) is 44.8 Å². The normalized spacial score (nSPS) is 17.4. The summed E-state index contributed by atoms with van der Waals surface area (Å²) in [6, 6.07) is 3.31. The second-order valence-corrected chi connectivity index (χ2v) is 7.30. The van der Waals surface area contributed by atoms with Gasteiger partial charge in [-0.2, -0.15) is 0 Å². The van der Waals surface area contributed by atoms with Gasteiger partial charge in [-0.05, 0) is 44.4 Å². The Morgan fingerprint density at radius 3 is 2.92 bits per heavy atom. The number of nitrogens with zero attached hydrogens (tertiary/aromatic N) is 1. The summed E-state index contributed by atoms with van der Waals surface area (Å²) in [4.78, 5) is 17.8. The fourth-order valence-corrected chi connectivity index (χ4v) is 4.24. The Labute approximate surface area is 149 Å². The second-order valence-electron chi connectivity index (χ2n) is 6.44. The zero-order chi connectivity index (χ0) is 17.6. The number of phenolic OH excluding ortho intramolecular Hbond substituents is 1. The van der Waals surface area contributed by atoms with E-state index in [1.54, 1.807) is 12.1 Å². The molecule has 1 fully saturated rings. The number of thiazole rings is 1. The smallest absolute Gasteiger partial charge is 0.203 e.